The number of anilines is 1. The number of rotatable bonds is 8. The maximum absolute atomic E-state index is 13.5. The van der Waals surface area contributed by atoms with Gasteiger partial charge in [0.1, 0.15) is 14.6 Å². The van der Waals surface area contributed by atoms with Crippen LogP contribution in [0.5, 0.6) is 0 Å². The van der Waals surface area contributed by atoms with Crippen molar-refractivity contribution in [3.8, 4) is 0 Å². The zero-order valence-corrected chi connectivity index (χ0v) is 24.0. The summed E-state index contributed by atoms with van der Waals surface area (Å²) in [5, 5.41) is 2.78. The van der Waals surface area contributed by atoms with Crippen LogP contribution >= 0.6 is 34.5 Å². The third-order valence-electron chi connectivity index (χ3n) is 5.88. The van der Waals surface area contributed by atoms with E-state index in [2.05, 4.69) is 15.0 Å². The highest BCUT2D eigenvalue weighted by Gasteiger charge is 2.34. The summed E-state index contributed by atoms with van der Waals surface area (Å²) in [4.78, 5) is 33.0. The van der Waals surface area contributed by atoms with E-state index in [1.807, 2.05) is 68.4 Å². The summed E-state index contributed by atoms with van der Waals surface area (Å²) in [5.74, 6) is -1.17. The minimum absolute atomic E-state index is 0.0379. The largest absolute Gasteiger partial charge is 0.325 e. The van der Waals surface area contributed by atoms with Crippen LogP contribution in [0.25, 0.3) is 0 Å². The molecule has 0 saturated heterocycles. The van der Waals surface area contributed by atoms with Gasteiger partial charge >= 0.3 is 0 Å². The van der Waals surface area contributed by atoms with E-state index in [9.17, 15) is 18.0 Å². The molecule has 12 heteroatoms. The van der Waals surface area contributed by atoms with Gasteiger partial charge in [0.15, 0.2) is 0 Å². The summed E-state index contributed by atoms with van der Waals surface area (Å²) in [7, 11) is -2.50. The van der Waals surface area contributed by atoms with Crippen LogP contribution in [0, 0.1) is 5.92 Å². The van der Waals surface area contributed by atoms with Crippen LogP contribution in [0.15, 0.2) is 69.9 Å². The predicted molar refractivity (Wildman–Crippen MR) is 152 cm³/mol. The van der Waals surface area contributed by atoms with Gasteiger partial charge in [-0.05, 0) is 24.5 Å². The lowest BCUT2D eigenvalue weighted by atomic mass is 10.0. The maximum atomic E-state index is 13.5. The van der Waals surface area contributed by atoms with Gasteiger partial charge in [0.05, 0.1) is 16.4 Å². The number of thiophene rings is 1. The van der Waals surface area contributed by atoms with Crippen LogP contribution in [-0.4, -0.2) is 45.2 Å². The molecular weight excluding hydrogens is 567 g/mol. The molecule has 2 unspecified atom stereocenters. The van der Waals surface area contributed by atoms with Gasteiger partial charge in [-0.25, -0.2) is 13.4 Å². The Morgan fingerprint density at radius 1 is 1.11 bits per heavy atom. The van der Waals surface area contributed by atoms with Gasteiger partial charge in [0, 0.05) is 18.2 Å². The summed E-state index contributed by atoms with van der Waals surface area (Å²) >= 11 is 12.7. The van der Waals surface area contributed by atoms with Crippen molar-refractivity contribution in [3.63, 3.8) is 0 Å². The first-order valence-electron chi connectivity index (χ1n) is 11.8. The molecule has 2 amide bonds. The molecule has 1 aliphatic heterocycles. The van der Waals surface area contributed by atoms with Crippen LogP contribution in [0.1, 0.15) is 31.4 Å². The molecule has 0 fully saturated rings. The number of hydrogen-bond donors (Lipinski definition) is 2. The summed E-state index contributed by atoms with van der Waals surface area (Å²) < 4.78 is 28.6. The first-order valence-corrected chi connectivity index (χ1v) is 14.8. The van der Waals surface area contributed by atoms with Gasteiger partial charge in [0.2, 0.25) is 12.1 Å². The van der Waals surface area contributed by atoms with E-state index >= 15 is 0 Å². The first-order chi connectivity index (χ1) is 18.0. The SMILES string of the molecule is CC(C)CC(NS(=O)(=O)c1cc(Cl)c(Cl)s1)C(=O)NC1N=C(c2ccccc2)c2ccccc2N(C)C1=O. The first kappa shape index (κ1) is 28.3. The highest BCUT2D eigenvalue weighted by Crippen LogP contribution is 2.34. The summed E-state index contributed by atoms with van der Waals surface area (Å²) in [6, 6.07) is 16.8. The quantitative estimate of drug-likeness (QED) is 0.395. The second kappa shape index (κ2) is 11.5. The van der Waals surface area contributed by atoms with E-state index in [0.717, 1.165) is 22.5 Å². The van der Waals surface area contributed by atoms with Gasteiger partial charge in [-0.2, -0.15) is 4.72 Å². The van der Waals surface area contributed by atoms with Crippen molar-refractivity contribution < 1.29 is 18.0 Å². The van der Waals surface area contributed by atoms with Gasteiger partial charge < -0.3 is 10.2 Å². The van der Waals surface area contributed by atoms with Crippen LogP contribution in [0.3, 0.4) is 0 Å². The normalized spacial score (nSPS) is 16.6. The molecule has 8 nitrogen and oxygen atoms in total. The number of para-hydroxylation sites is 1. The molecular formula is C26H26Cl2N4O4S2. The molecule has 0 spiro atoms. The number of halogens is 2. The Balaban J connectivity index is 1.68. The molecule has 2 heterocycles. The van der Waals surface area contributed by atoms with Crippen LogP contribution in [-0.2, 0) is 19.6 Å². The minimum atomic E-state index is -4.11. The topological polar surface area (TPSA) is 108 Å². The molecule has 0 aliphatic carbocycles. The second-order valence-electron chi connectivity index (χ2n) is 9.16. The Bertz CT molecular complexity index is 1470. The fourth-order valence-electron chi connectivity index (χ4n) is 4.06. The third kappa shape index (κ3) is 6.10. The predicted octanol–water partition coefficient (Wildman–Crippen LogP) is 4.70. The average Bonchev–Trinajstić information content (AvgIpc) is 3.19. The Labute approximate surface area is 235 Å². The Morgan fingerprint density at radius 2 is 1.76 bits per heavy atom. The fraction of sp³-hybridized carbons (Fsp3) is 0.269. The molecule has 0 saturated carbocycles. The Kier molecular flexibility index (Phi) is 8.59. The molecule has 3 aromatic rings. The molecule has 2 aromatic carbocycles. The van der Waals surface area contributed by atoms with E-state index < -0.39 is 34.0 Å². The third-order valence-corrected chi connectivity index (χ3v) is 9.69. The summed E-state index contributed by atoms with van der Waals surface area (Å²) in [6.07, 6.45) is -1.09. The van der Waals surface area contributed by atoms with Crippen molar-refractivity contribution >= 4 is 67.8 Å². The van der Waals surface area contributed by atoms with Crippen molar-refractivity contribution in [1.29, 1.82) is 0 Å². The smallest absolute Gasteiger partial charge is 0.272 e. The highest BCUT2D eigenvalue weighted by molar-refractivity contribution is 7.91. The molecule has 1 aromatic heterocycles. The van der Waals surface area contributed by atoms with Crippen LogP contribution < -0.4 is 14.9 Å². The molecule has 0 bridgehead atoms. The van der Waals surface area contributed by atoms with Crippen molar-refractivity contribution in [1.82, 2.24) is 10.0 Å². The summed E-state index contributed by atoms with van der Waals surface area (Å²) in [6.45, 7) is 3.72. The number of nitrogens with one attached hydrogen (secondary N) is 2. The highest BCUT2D eigenvalue weighted by atomic mass is 35.5. The lowest BCUT2D eigenvalue weighted by molar-refractivity contribution is -0.128. The van der Waals surface area contributed by atoms with Crippen LogP contribution in [0.2, 0.25) is 9.36 Å². The number of likely N-dealkylation sites (N-methyl/N-ethyl adjacent to an activating group) is 1. The zero-order chi connectivity index (χ0) is 27.6. The van der Waals surface area contributed by atoms with Crippen molar-refractivity contribution in [2.75, 3.05) is 11.9 Å². The average molecular weight is 594 g/mol. The van der Waals surface area contributed by atoms with E-state index in [-0.39, 0.29) is 25.9 Å². The number of nitrogens with zero attached hydrogens (tertiary/aromatic N) is 2. The number of sulfonamides is 1. The lowest BCUT2D eigenvalue weighted by Crippen LogP contribution is -2.53. The van der Waals surface area contributed by atoms with Gasteiger partial charge in [-0.15, -0.1) is 11.3 Å². The van der Waals surface area contributed by atoms with Gasteiger partial charge in [-0.3, -0.25) is 9.59 Å². The number of carbonyl (C=O) groups is 2. The fourth-order valence-corrected chi connectivity index (χ4v) is 7.17. The second-order valence-corrected chi connectivity index (χ2v) is 13.2. The Morgan fingerprint density at radius 3 is 2.39 bits per heavy atom. The summed E-state index contributed by atoms with van der Waals surface area (Å²) in [5.41, 5.74) is 2.68. The maximum Gasteiger partial charge on any atom is 0.272 e. The molecule has 38 heavy (non-hydrogen) atoms. The van der Waals surface area contributed by atoms with Crippen molar-refractivity contribution in [3.05, 3.63) is 81.1 Å². The van der Waals surface area contributed by atoms with E-state index in [4.69, 9.17) is 23.2 Å². The van der Waals surface area contributed by atoms with Gasteiger partial charge in [-0.1, -0.05) is 85.6 Å². The molecule has 4 rings (SSSR count). The number of aliphatic imine (C=N–C) groups is 1. The number of hydrogen-bond acceptors (Lipinski definition) is 6. The standard InChI is InChI=1S/C26H26Cl2N4O4S2/c1-15(2)13-19(31-38(35,36)21-14-18(27)23(28)37-21)25(33)30-24-26(34)32(3)20-12-8-7-11-17(20)22(29-24)16-9-5-4-6-10-16/h4-12,14-15,19,24,31H,13H2,1-3H3,(H,30,33). The zero-order valence-electron chi connectivity index (χ0n) is 20.8. The molecule has 0 radical (unpaired) electrons. The number of carbonyl (C=O) groups excluding carboxylic acids is 2. The van der Waals surface area contributed by atoms with E-state index in [1.165, 1.54) is 11.0 Å². The molecule has 200 valence electrons. The monoisotopic (exact) mass is 592 g/mol. The number of benzene rings is 2. The number of amides is 2. The minimum Gasteiger partial charge on any atom is -0.325 e. The number of benzodiazepines with no additional fused rings is 1. The number of fused-ring (bicyclic) bond motifs is 1. The molecule has 2 atom stereocenters. The lowest BCUT2D eigenvalue weighted by Gasteiger charge is -2.24. The van der Waals surface area contributed by atoms with E-state index in [0.29, 0.717) is 11.4 Å². The Hall–Kier alpha value is -2.76. The van der Waals surface area contributed by atoms with E-state index in [1.54, 1.807) is 7.05 Å². The molecule has 2 N–H and O–H groups in total. The molecule has 1 aliphatic rings. The van der Waals surface area contributed by atoms with Crippen LogP contribution in [0.4, 0.5) is 5.69 Å². The van der Waals surface area contributed by atoms with Gasteiger partial charge in [0.25, 0.3) is 15.9 Å². The van der Waals surface area contributed by atoms with Crippen molar-refractivity contribution in [2.24, 2.45) is 10.9 Å². The van der Waals surface area contributed by atoms with Crippen molar-refractivity contribution in [2.45, 2.75) is 36.7 Å².